The van der Waals surface area contributed by atoms with Crippen molar-refractivity contribution in [1.82, 2.24) is 0 Å². The summed E-state index contributed by atoms with van der Waals surface area (Å²) >= 11 is 0. The third-order valence-corrected chi connectivity index (χ3v) is 3.29. The molecule has 0 saturated heterocycles. The molecule has 6 heteroatoms. The Labute approximate surface area is 92.9 Å². The summed E-state index contributed by atoms with van der Waals surface area (Å²) in [6.45, 7) is 2.01. The predicted octanol–water partition coefficient (Wildman–Crippen LogP) is 1.39. The monoisotopic (exact) mass is 246 g/mol. The van der Waals surface area contributed by atoms with Gasteiger partial charge in [-0.1, -0.05) is 0 Å². The minimum absolute atomic E-state index is 0.0227. The fourth-order valence-corrected chi connectivity index (χ4v) is 2.08. The van der Waals surface area contributed by atoms with E-state index in [1.807, 2.05) is 0 Å². The molecule has 88 valence electrons. The number of ether oxygens (including phenoxy) is 2. The van der Waals surface area contributed by atoms with Gasteiger partial charge in [0.1, 0.15) is 12.7 Å². The van der Waals surface area contributed by atoms with E-state index in [1.54, 1.807) is 6.92 Å². The van der Waals surface area contributed by atoms with Gasteiger partial charge >= 0.3 is 0 Å². The van der Waals surface area contributed by atoms with Gasteiger partial charge in [-0.15, -0.1) is 0 Å². The highest BCUT2D eigenvalue weighted by Crippen LogP contribution is 2.36. The molecule has 1 heterocycles. The summed E-state index contributed by atoms with van der Waals surface area (Å²) in [7, 11) is -3.45. The van der Waals surface area contributed by atoms with Gasteiger partial charge in [0.05, 0.1) is 4.90 Å². The Balaban J connectivity index is 2.56. The van der Waals surface area contributed by atoms with Crippen LogP contribution in [-0.2, 0) is 9.84 Å². The molecular formula is C10H11FO4S. The van der Waals surface area contributed by atoms with Crippen molar-refractivity contribution in [3.05, 3.63) is 17.9 Å². The molecule has 2 rings (SSSR count). The quantitative estimate of drug-likeness (QED) is 0.751. The van der Waals surface area contributed by atoms with E-state index in [0.29, 0.717) is 0 Å². The van der Waals surface area contributed by atoms with Crippen molar-refractivity contribution in [2.75, 3.05) is 12.9 Å². The summed E-state index contributed by atoms with van der Waals surface area (Å²) in [6.07, 6.45) is 0.795. The molecule has 0 spiro atoms. The number of halogens is 1. The zero-order valence-corrected chi connectivity index (χ0v) is 9.67. The average Bonchev–Trinajstić information content (AvgIpc) is 2.15. The molecule has 1 aromatic carbocycles. The molecule has 4 nitrogen and oxygen atoms in total. The van der Waals surface area contributed by atoms with E-state index in [9.17, 15) is 12.8 Å². The number of rotatable bonds is 1. The second-order valence-electron chi connectivity index (χ2n) is 3.74. The third-order valence-electron chi connectivity index (χ3n) is 2.20. The van der Waals surface area contributed by atoms with Crippen molar-refractivity contribution in [3.63, 3.8) is 0 Å². The van der Waals surface area contributed by atoms with Crippen LogP contribution in [0.1, 0.15) is 6.92 Å². The van der Waals surface area contributed by atoms with Gasteiger partial charge < -0.3 is 9.47 Å². The lowest BCUT2D eigenvalue weighted by molar-refractivity contribution is 0.0988. The van der Waals surface area contributed by atoms with Gasteiger partial charge in [0.25, 0.3) is 0 Å². The van der Waals surface area contributed by atoms with Crippen molar-refractivity contribution in [3.8, 4) is 11.5 Å². The minimum Gasteiger partial charge on any atom is -0.483 e. The summed E-state index contributed by atoms with van der Waals surface area (Å²) in [5.41, 5.74) is 0. The molecule has 1 aliphatic rings. The van der Waals surface area contributed by atoms with E-state index in [-0.39, 0.29) is 29.1 Å². The zero-order chi connectivity index (χ0) is 11.9. The molecule has 0 N–H and O–H groups in total. The molecule has 1 aromatic rings. The summed E-state index contributed by atoms with van der Waals surface area (Å²) in [6, 6.07) is 2.22. The molecule has 1 atom stereocenters. The maximum absolute atomic E-state index is 13.5. The van der Waals surface area contributed by atoms with Gasteiger partial charge in [-0.2, -0.15) is 0 Å². The number of hydrogen-bond acceptors (Lipinski definition) is 4. The number of fused-ring (bicyclic) bond motifs is 1. The molecule has 0 bridgehead atoms. The van der Waals surface area contributed by atoms with E-state index in [1.165, 1.54) is 6.07 Å². The lowest BCUT2D eigenvalue weighted by atomic mass is 10.2. The Morgan fingerprint density at radius 1 is 1.44 bits per heavy atom. The standard InChI is InChI=1S/C10H11FO4S/c1-6-5-14-10-8(11)3-7(16(2,12)13)4-9(10)15-6/h3-4,6H,5H2,1-2H3/t6-/m1/s1. The fourth-order valence-electron chi connectivity index (χ4n) is 1.44. The topological polar surface area (TPSA) is 52.6 Å². The second-order valence-corrected chi connectivity index (χ2v) is 5.76. The highest BCUT2D eigenvalue weighted by molar-refractivity contribution is 7.90. The summed E-state index contributed by atoms with van der Waals surface area (Å²) in [5, 5.41) is 0. The van der Waals surface area contributed by atoms with Crippen LogP contribution < -0.4 is 9.47 Å². The van der Waals surface area contributed by atoms with Crippen molar-refractivity contribution >= 4 is 9.84 Å². The summed E-state index contributed by atoms with van der Waals surface area (Å²) in [4.78, 5) is -0.110. The van der Waals surface area contributed by atoms with Gasteiger partial charge in [-0.05, 0) is 13.0 Å². The van der Waals surface area contributed by atoms with Crippen LogP contribution in [0.15, 0.2) is 17.0 Å². The Kier molecular flexibility index (Phi) is 2.53. The van der Waals surface area contributed by atoms with Crippen molar-refractivity contribution < 1.29 is 22.3 Å². The maximum atomic E-state index is 13.5. The largest absolute Gasteiger partial charge is 0.483 e. The van der Waals surface area contributed by atoms with E-state index in [2.05, 4.69) is 0 Å². The lowest BCUT2D eigenvalue weighted by Gasteiger charge is -2.24. The Morgan fingerprint density at radius 3 is 2.75 bits per heavy atom. The number of benzene rings is 1. The van der Waals surface area contributed by atoms with Crippen LogP contribution in [0.5, 0.6) is 11.5 Å². The molecule has 1 aliphatic heterocycles. The van der Waals surface area contributed by atoms with Crippen LogP contribution in [0.2, 0.25) is 0 Å². The van der Waals surface area contributed by atoms with E-state index < -0.39 is 15.7 Å². The second kappa shape index (κ2) is 3.62. The molecule has 0 amide bonds. The van der Waals surface area contributed by atoms with Gasteiger partial charge in [-0.25, -0.2) is 12.8 Å². The van der Waals surface area contributed by atoms with Crippen molar-refractivity contribution in [2.45, 2.75) is 17.9 Å². The van der Waals surface area contributed by atoms with Gasteiger partial charge in [0.2, 0.25) is 0 Å². The number of sulfone groups is 1. The van der Waals surface area contributed by atoms with Crippen LogP contribution >= 0.6 is 0 Å². The van der Waals surface area contributed by atoms with Gasteiger partial charge in [0, 0.05) is 12.3 Å². The first-order valence-corrected chi connectivity index (χ1v) is 6.60. The first-order chi connectivity index (χ1) is 7.38. The number of hydrogen-bond donors (Lipinski definition) is 0. The molecule has 0 fully saturated rings. The fraction of sp³-hybridized carbons (Fsp3) is 0.400. The molecule has 0 radical (unpaired) electrons. The molecule has 0 unspecified atom stereocenters. The molecular weight excluding hydrogens is 235 g/mol. The van der Waals surface area contributed by atoms with Gasteiger partial charge in [0.15, 0.2) is 27.2 Å². The average molecular weight is 246 g/mol. The van der Waals surface area contributed by atoms with Crippen LogP contribution in [0.25, 0.3) is 0 Å². The normalized spacial score (nSPS) is 19.6. The summed E-state index contributed by atoms with van der Waals surface area (Å²) < 4.78 is 46.6. The highest BCUT2D eigenvalue weighted by atomic mass is 32.2. The Hall–Kier alpha value is -1.30. The molecule has 0 aliphatic carbocycles. The van der Waals surface area contributed by atoms with Crippen LogP contribution in [0.4, 0.5) is 4.39 Å². The van der Waals surface area contributed by atoms with Crippen molar-refractivity contribution in [1.29, 1.82) is 0 Å². The van der Waals surface area contributed by atoms with Crippen LogP contribution in [-0.4, -0.2) is 27.4 Å². The first-order valence-electron chi connectivity index (χ1n) is 4.71. The minimum atomic E-state index is -3.45. The maximum Gasteiger partial charge on any atom is 0.197 e. The highest BCUT2D eigenvalue weighted by Gasteiger charge is 2.24. The molecule has 0 aromatic heterocycles. The van der Waals surface area contributed by atoms with Crippen molar-refractivity contribution in [2.24, 2.45) is 0 Å². The molecule has 0 saturated carbocycles. The predicted molar refractivity (Wildman–Crippen MR) is 55.1 cm³/mol. The van der Waals surface area contributed by atoms with E-state index in [4.69, 9.17) is 9.47 Å². The Morgan fingerprint density at radius 2 is 2.12 bits per heavy atom. The third kappa shape index (κ3) is 1.97. The van der Waals surface area contributed by atoms with Crippen LogP contribution in [0, 0.1) is 5.82 Å². The first kappa shape index (κ1) is 11.2. The zero-order valence-electron chi connectivity index (χ0n) is 8.86. The van der Waals surface area contributed by atoms with E-state index >= 15 is 0 Å². The summed E-state index contributed by atoms with van der Waals surface area (Å²) in [5.74, 6) is -0.602. The SMILES string of the molecule is C[C@@H]1COc2c(F)cc(S(C)(=O)=O)cc2O1. The lowest BCUT2D eigenvalue weighted by Crippen LogP contribution is -2.26. The van der Waals surface area contributed by atoms with Gasteiger partial charge in [-0.3, -0.25) is 0 Å². The van der Waals surface area contributed by atoms with Crippen LogP contribution in [0.3, 0.4) is 0 Å². The Bertz CT molecular complexity index is 524. The smallest absolute Gasteiger partial charge is 0.197 e. The van der Waals surface area contributed by atoms with E-state index in [0.717, 1.165) is 12.3 Å². The molecule has 16 heavy (non-hydrogen) atoms.